The van der Waals surface area contributed by atoms with Crippen molar-refractivity contribution in [1.82, 2.24) is 10.4 Å². The average molecular weight is 253 g/mol. The Balaban J connectivity index is 0.00000112. The summed E-state index contributed by atoms with van der Waals surface area (Å²) in [5.74, 6) is 1.55. The second-order valence-corrected chi connectivity index (χ2v) is 4.73. The highest BCUT2D eigenvalue weighted by atomic mass is 35.5. The van der Waals surface area contributed by atoms with Gasteiger partial charge in [0.05, 0.1) is 0 Å². The van der Waals surface area contributed by atoms with Crippen LogP contribution in [0.5, 0.6) is 0 Å². The molecular weight excluding hydrogens is 235 g/mol. The van der Waals surface area contributed by atoms with Crippen LogP contribution in [-0.2, 0) is 4.79 Å². The van der Waals surface area contributed by atoms with Crippen LogP contribution in [0.4, 0.5) is 0 Å². The number of carbonyl (C=O) groups is 1. The number of hydrogen-bond donors (Lipinski definition) is 1. The first-order valence-electron chi connectivity index (χ1n) is 5.38. The molecule has 0 atom stereocenters. The molecule has 5 heteroatoms. The first-order valence-corrected chi connectivity index (χ1v) is 5.92. The number of fused-ring (bicyclic) bond motifs is 4. The van der Waals surface area contributed by atoms with Crippen molar-refractivity contribution < 1.29 is 4.79 Å². The number of alkyl halides is 1. The first-order chi connectivity index (χ1) is 6.78. The molecule has 3 nitrogen and oxygen atoms in total. The quantitative estimate of drug-likeness (QED) is 0.761. The number of hydrogen-bond acceptors (Lipinski definition) is 2. The summed E-state index contributed by atoms with van der Waals surface area (Å²) >= 11 is 5.46. The second-order valence-electron chi connectivity index (χ2n) is 4.46. The van der Waals surface area contributed by atoms with E-state index in [1.165, 1.54) is 25.7 Å². The van der Waals surface area contributed by atoms with E-state index < -0.39 is 0 Å². The lowest BCUT2D eigenvalue weighted by Crippen LogP contribution is -2.45. The van der Waals surface area contributed by atoms with Crippen molar-refractivity contribution in [3.05, 3.63) is 0 Å². The Morgan fingerprint density at radius 2 is 1.67 bits per heavy atom. The van der Waals surface area contributed by atoms with Crippen molar-refractivity contribution in [1.29, 1.82) is 0 Å². The molecule has 2 saturated heterocycles. The van der Waals surface area contributed by atoms with E-state index in [0.29, 0.717) is 0 Å². The minimum absolute atomic E-state index is 0. The Kier molecular flexibility index (Phi) is 5.16. The van der Waals surface area contributed by atoms with Crippen LogP contribution >= 0.6 is 24.0 Å². The van der Waals surface area contributed by atoms with E-state index in [4.69, 9.17) is 11.6 Å². The van der Waals surface area contributed by atoms with Gasteiger partial charge in [-0.2, -0.15) is 0 Å². The predicted molar refractivity (Wildman–Crippen MR) is 63.1 cm³/mol. The van der Waals surface area contributed by atoms with Crippen molar-refractivity contribution >= 4 is 29.9 Å². The van der Waals surface area contributed by atoms with Gasteiger partial charge in [0.25, 0.3) is 0 Å². The van der Waals surface area contributed by atoms with E-state index in [0.717, 1.165) is 24.9 Å². The molecule has 2 heterocycles. The first kappa shape index (κ1) is 13.1. The van der Waals surface area contributed by atoms with Gasteiger partial charge in [0.2, 0.25) is 5.91 Å². The van der Waals surface area contributed by atoms with E-state index in [2.05, 4.69) is 10.4 Å². The molecule has 1 amide bonds. The van der Waals surface area contributed by atoms with Crippen molar-refractivity contribution in [2.45, 2.75) is 25.7 Å². The molecule has 1 aliphatic carbocycles. The molecule has 88 valence electrons. The highest BCUT2D eigenvalue weighted by Gasteiger charge is 2.29. The van der Waals surface area contributed by atoms with Gasteiger partial charge in [0, 0.05) is 13.1 Å². The van der Waals surface area contributed by atoms with Crippen LogP contribution in [-0.4, -0.2) is 29.9 Å². The van der Waals surface area contributed by atoms with Gasteiger partial charge in [-0.25, -0.2) is 5.01 Å². The third-order valence-electron chi connectivity index (χ3n) is 3.33. The number of nitrogens with one attached hydrogen (secondary N) is 1. The van der Waals surface area contributed by atoms with Gasteiger partial charge in [0.1, 0.15) is 5.88 Å². The summed E-state index contributed by atoms with van der Waals surface area (Å²) < 4.78 is 0. The molecule has 3 rings (SSSR count). The summed E-state index contributed by atoms with van der Waals surface area (Å²) in [6, 6.07) is 0. The molecule has 0 aromatic heterocycles. The van der Waals surface area contributed by atoms with Crippen molar-refractivity contribution in [3.63, 3.8) is 0 Å². The average Bonchev–Trinajstić information content (AvgIpc) is 2.49. The summed E-state index contributed by atoms with van der Waals surface area (Å²) in [5.41, 5.74) is 2.87. The Labute approximate surface area is 102 Å². The highest BCUT2D eigenvalue weighted by molar-refractivity contribution is 6.27. The third kappa shape index (κ3) is 3.51. The van der Waals surface area contributed by atoms with Crippen LogP contribution in [0.1, 0.15) is 25.7 Å². The van der Waals surface area contributed by atoms with E-state index >= 15 is 0 Å². The number of nitrogens with zero attached hydrogens (tertiary/aromatic N) is 1. The van der Waals surface area contributed by atoms with Crippen molar-refractivity contribution in [2.24, 2.45) is 11.8 Å². The molecule has 1 saturated carbocycles. The molecule has 0 aromatic carbocycles. The SMILES string of the molecule is Cl.O=C(CCl)NN1CC2CCC(CC2)C1. The van der Waals surface area contributed by atoms with E-state index in [1.54, 1.807) is 0 Å². The zero-order valence-corrected chi connectivity index (χ0v) is 10.3. The second kappa shape index (κ2) is 5.92. The van der Waals surface area contributed by atoms with E-state index in [1.807, 2.05) is 0 Å². The largest absolute Gasteiger partial charge is 0.288 e. The highest BCUT2D eigenvalue weighted by Crippen LogP contribution is 2.32. The van der Waals surface area contributed by atoms with Gasteiger partial charge in [0.15, 0.2) is 0 Å². The smallest absolute Gasteiger partial charge is 0.249 e. The molecule has 1 N–H and O–H groups in total. The van der Waals surface area contributed by atoms with Gasteiger partial charge >= 0.3 is 0 Å². The maximum absolute atomic E-state index is 11.1. The van der Waals surface area contributed by atoms with Crippen LogP contribution < -0.4 is 5.43 Å². The normalized spacial score (nSPS) is 30.5. The fourth-order valence-corrected chi connectivity index (χ4v) is 2.65. The molecular formula is C10H18Cl2N2O. The van der Waals surface area contributed by atoms with E-state index in [-0.39, 0.29) is 24.2 Å². The summed E-state index contributed by atoms with van der Waals surface area (Å²) in [7, 11) is 0. The number of hydrazine groups is 1. The third-order valence-corrected chi connectivity index (χ3v) is 3.57. The Morgan fingerprint density at radius 1 is 1.20 bits per heavy atom. The minimum atomic E-state index is -0.0760. The molecule has 2 aliphatic heterocycles. The lowest BCUT2D eigenvalue weighted by atomic mass is 9.84. The van der Waals surface area contributed by atoms with Crippen LogP contribution in [0, 0.1) is 11.8 Å². The number of halogens is 2. The molecule has 2 bridgehead atoms. The standard InChI is InChI=1S/C10H17ClN2O.ClH/c11-5-10(14)12-13-6-8-1-2-9(7-13)4-3-8;/h8-9H,1-7H2,(H,12,14);1H. The zero-order valence-electron chi connectivity index (χ0n) is 8.75. The monoisotopic (exact) mass is 252 g/mol. The zero-order chi connectivity index (χ0) is 9.97. The lowest BCUT2D eigenvalue weighted by Gasteiger charge is -2.22. The van der Waals surface area contributed by atoms with Crippen LogP contribution in [0.15, 0.2) is 0 Å². The molecule has 0 spiro atoms. The molecule has 3 aliphatic rings. The summed E-state index contributed by atoms with van der Waals surface area (Å²) in [5, 5.41) is 2.07. The minimum Gasteiger partial charge on any atom is -0.288 e. The lowest BCUT2D eigenvalue weighted by molar-refractivity contribution is -0.123. The summed E-state index contributed by atoms with van der Waals surface area (Å²) in [6.07, 6.45) is 5.33. The molecule has 15 heavy (non-hydrogen) atoms. The van der Waals surface area contributed by atoms with Crippen molar-refractivity contribution in [2.75, 3.05) is 19.0 Å². The predicted octanol–water partition coefficient (Wildman–Crippen LogP) is 1.80. The fourth-order valence-electron chi connectivity index (χ4n) is 2.59. The van der Waals surface area contributed by atoms with Crippen LogP contribution in [0.2, 0.25) is 0 Å². The van der Waals surface area contributed by atoms with Gasteiger partial charge in [-0.15, -0.1) is 24.0 Å². The van der Waals surface area contributed by atoms with Crippen LogP contribution in [0.3, 0.4) is 0 Å². The summed E-state index contributed by atoms with van der Waals surface area (Å²) in [4.78, 5) is 11.1. The Bertz CT molecular complexity index is 203. The maximum Gasteiger partial charge on any atom is 0.249 e. The van der Waals surface area contributed by atoms with Crippen molar-refractivity contribution in [3.8, 4) is 0 Å². The van der Waals surface area contributed by atoms with Gasteiger partial charge < -0.3 is 0 Å². The molecule has 3 fully saturated rings. The number of amides is 1. The van der Waals surface area contributed by atoms with E-state index in [9.17, 15) is 4.79 Å². The van der Waals surface area contributed by atoms with Gasteiger partial charge in [-0.3, -0.25) is 10.2 Å². The topological polar surface area (TPSA) is 32.3 Å². The number of carbonyl (C=O) groups excluding carboxylic acids is 1. The molecule has 0 radical (unpaired) electrons. The maximum atomic E-state index is 11.1. The van der Waals surface area contributed by atoms with Gasteiger partial charge in [-0.05, 0) is 37.5 Å². The Hall–Kier alpha value is 0.01000. The Morgan fingerprint density at radius 3 is 2.07 bits per heavy atom. The summed E-state index contributed by atoms with van der Waals surface area (Å²) in [6.45, 7) is 2.03. The molecule has 0 unspecified atom stereocenters. The molecule has 0 aromatic rings. The van der Waals surface area contributed by atoms with Crippen LogP contribution in [0.25, 0.3) is 0 Å². The fraction of sp³-hybridized carbons (Fsp3) is 0.900. The van der Waals surface area contributed by atoms with Gasteiger partial charge in [-0.1, -0.05) is 0 Å². The number of rotatable bonds is 2.